The van der Waals surface area contributed by atoms with Gasteiger partial charge in [0, 0.05) is 23.8 Å². The van der Waals surface area contributed by atoms with Gasteiger partial charge in [0.15, 0.2) is 5.82 Å². The lowest BCUT2D eigenvalue weighted by atomic mass is 9.98. The molecule has 0 saturated carbocycles. The van der Waals surface area contributed by atoms with Crippen molar-refractivity contribution in [2.75, 3.05) is 11.4 Å². The van der Waals surface area contributed by atoms with Crippen molar-refractivity contribution in [2.45, 2.75) is 64.7 Å². The number of thiophene rings is 1. The van der Waals surface area contributed by atoms with Crippen LogP contribution in [-0.4, -0.2) is 44.2 Å². The van der Waals surface area contributed by atoms with E-state index in [9.17, 15) is 14.7 Å². The van der Waals surface area contributed by atoms with Crippen LogP contribution in [0.25, 0.3) is 5.57 Å². The van der Waals surface area contributed by atoms with Gasteiger partial charge >= 0.3 is 5.97 Å². The van der Waals surface area contributed by atoms with Crippen molar-refractivity contribution in [1.29, 1.82) is 0 Å². The van der Waals surface area contributed by atoms with Crippen LogP contribution < -0.4 is 4.90 Å². The fourth-order valence-electron chi connectivity index (χ4n) is 3.59. The van der Waals surface area contributed by atoms with Crippen LogP contribution in [0.15, 0.2) is 12.1 Å². The third kappa shape index (κ3) is 5.09. The Kier molecular flexibility index (Phi) is 7.13. The molecule has 0 radical (unpaired) electrons. The molecule has 3 rings (SSSR count). The molecule has 8 nitrogen and oxygen atoms in total. The van der Waals surface area contributed by atoms with Gasteiger partial charge in [0.05, 0.1) is 5.69 Å². The molecule has 29 heavy (non-hydrogen) atoms. The lowest BCUT2D eigenvalue weighted by Crippen LogP contribution is -2.32. The topological polar surface area (TPSA) is 112 Å². The van der Waals surface area contributed by atoms with Gasteiger partial charge in [0.1, 0.15) is 4.88 Å². The van der Waals surface area contributed by atoms with Crippen LogP contribution in [0.4, 0.5) is 5.69 Å². The van der Waals surface area contributed by atoms with Crippen molar-refractivity contribution in [2.24, 2.45) is 0 Å². The number of anilines is 1. The van der Waals surface area contributed by atoms with E-state index in [1.165, 1.54) is 23.3 Å². The SMILES string of the molecule is CCC(=O)N(CCCC(C)c1nn[nH]n1)c1cc(C2=CCCCC2)sc1C(=O)O. The number of hydrogen-bond acceptors (Lipinski definition) is 6. The first-order chi connectivity index (χ1) is 14.0. The molecular weight excluding hydrogens is 390 g/mol. The van der Waals surface area contributed by atoms with Crippen LogP contribution in [-0.2, 0) is 4.79 Å². The summed E-state index contributed by atoms with van der Waals surface area (Å²) < 4.78 is 0. The summed E-state index contributed by atoms with van der Waals surface area (Å²) >= 11 is 1.27. The van der Waals surface area contributed by atoms with E-state index in [0.29, 0.717) is 30.9 Å². The van der Waals surface area contributed by atoms with E-state index in [1.54, 1.807) is 11.8 Å². The molecule has 2 N–H and O–H groups in total. The number of nitrogens with one attached hydrogen (secondary N) is 1. The largest absolute Gasteiger partial charge is 0.477 e. The maximum atomic E-state index is 12.7. The van der Waals surface area contributed by atoms with Crippen molar-refractivity contribution in [3.63, 3.8) is 0 Å². The van der Waals surface area contributed by atoms with Gasteiger partial charge in [0.2, 0.25) is 5.91 Å². The van der Waals surface area contributed by atoms with Gasteiger partial charge in [-0.3, -0.25) is 4.79 Å². The molecule has 1 amide bonds. The second-order valence-electron chi connectivity index (χ2n) is 7.32. The predicted molar refractivity (Wildman–Crippen MR) is 112 cm³/mol. The second-order valence-corrected chi connectivity index (χ2v) is 8.37. The molecular formula is C20H27N5O3S. The number of nitrogens with zero attached hydrogens (tertiary/aromatic N) is 4. The summed E-state index contributed by atoms with van der Waals surface area (Å²) in [4.78, 5) is 27.4. The number of allylic oxidation sites excluding steroid dienone is 2. The van der Waals surface area contributed by atoms with Gasteiger partial charge < -0.3 is 10.0 Å². The van der Waals surface area contributed by atoms with Crippen molar-refractivity contribution >= 4 is 34.5 Å². The molecule has 1 aliphatic rings. The number of aromatic carboxylic acids is 1. The number of aromatic nitrogens is 4. The average molecular weight is 418 g/mol. The van der Waals surface area contributed by atoms with Gasteiger partial charge in [-0.2, -0.15) is 5.21 Å². The van der Waals surface area contributed by atoms with Crippen LogP contribution in [0.5, 0.6) is 0 Å². The van der Waals surface area contributed by atoms with Gasteiger partial charge in [0.25, 0.3) is 0 Å². The minimum absolute atomic E-state index is 0.0679. The fraction of sp³-hybridized carbons (Fsp3) is 0.550. The normalized spacial score (nSPS) is 15.0. The zero-order valence-electron chi connectivity index (χ0n) is 16.8. The Labute approximate surface area is 174 Å². The highest BCUT2D eigenvalue weighted by Crippen LogP contribution is 2.38. The van der Waals surface area contributed by atoms with Gasteiger partial charge in [-0.1, -0.05) is 25.1 Å². The third-order valence-electron chi connectivity index (χ3n) is 5.23. The molecule has 0 aromatic carbocycles. The summed E-state index contributed by atoms with van der Waals surface area (Å²) in [6, 6.07) is 1.89. The van der Waals surface area contributed by atoms with E-state index in [4.69, 9.17) is 0 Å². The molecule has 1 atom stereocenters. The number of aromatic amines is 1. The Morgan fingerprint density at radius 2 is 2.21 bits per heavy atom. The standard InChI is InChI=1S/C20H27N5O3S/c1-3-17(26)25(11-7-8-13(2)19-21-23-24-22-19)15-12-16(29-18(15)20(27)28)14-9-5-4-6-10-14/h9,12-13H,3-8,10-11H2,1-2H3,(H,27,28)(H,21,22,23,24). The van der Waals surface area contributed by atoms with E-state index in [2.05, 4.69) is 26.7 Å². The summed E-state index contributed by atoms with van der Waals surface area (Å²) in [5.74, 6) is -0.299. The number of carboxylic acid groups (broad SMARTS) is 1. The summed E-state index contributed by atoms with van der Waals surface area (Å²) in [5.41, 5.74) is 1.72. The highest BCUT2D eigenvalue weighted by molar-refractivity contribution is 7.15. The number of carboxylic acids is 1. The van der Waals surface area contributed by atoms with Crippen LogP contribution in [0, 0.1) is 0 Å². The Bertz CT molecular complexity index is 875. The first-order valence-corrected chi connectivity index (χ1v) is 10.9. The molecule has 2 aromatic rings. The highest BCUT2D eigenvalue weighted by atomic mass is 32.1. The monoisotopic (exact) mass is 417 g/mol. The number of rotatable bonds is 9. The number of amides is 1. The Hall–Kier alpha value is -2.55. The summed E-state index contributed by atoms with van der Waals surface area (Å²) in [6.07, 6.45) is 8.29. The number of H-pyrrole nitrogens is 1. The first kappa shape index (κ1) is 21.2. The Morgan fingerprint density at radius 1 is 1.38 bits per heavy atom. The Balaban J connectivity index is 1.80. The summed E-state index contributed by atoms with van der Waals surface area (Å²) in [7, 11) is 0. The van der Waals surface area contributed by atoms with Gasteiger partial charge in [-0.25, -0.2) is 4.79 Å². The van der Waals surface area contributed by atoms with Crippen LogP contribution >= 0.6 is 11.3 Å². The molecule has 2 aromatic heterocycles. The van der Waals surface area contributed by atoms with E-state index in [0.717, 1.165) is 30.6 Å². The van der Waals surface area contributed by atoms with Crippen LogP contribution in [0.2, 0.25) is 0 Å². The average Bonchev–Trinajstić information content (AvgIpc) is 3.41. The van der Waals surface area contributed by atoms with Crippen LogP contribution in [0.3, 0.4) is 0 Å². The third-order valence-corrected chi connectivity index (χ3v) is 6.42. The number of tetrazole rings is 1. The molecule has 156 valence electrons. The van der Waals surface area contributed by atoms with E-state index in [-0.39, 0.29) is 16.7 Å². The quantitative estimate of drug-likeness (QED) is 0.631. The smallest absolute Gasteiger partial charge is 0.348 e. The number of hydrogen-bond donors (Lipinski definition) is 2. The zero-order chi connectivity index (χ0) is 20.8. The molecule has 0 saturated heterocycles. The summed E-state index contributed by atoms with van der Waals surface area (Å²) in [5, 5.41) is 23.8. The minimum Gasteiger partial charge on any atom is -0.477 e. The lowest BCUT2D eigenvalue weighted by Gasteiger charge is -2.22. The van der Waals surface area contributed by atoms with Crippen molar-refractivity contribution < 1.29 is 14.7 Å². The number of carbonyl (C=O) groups excluding carboxylic acids is 1. The van der Waals surface area contributed by atoms with Crippen LogP contribution in [0.1, 0.15) is 85.1 Å². The number of carbonyl (C=O) groups is 2. The van der Waals surface area contributed by atoms with Crippen molar-refractivity contribution in [3.05, 3.63) is 27.7 Å². The molecule has 0 spiro atoms. The Morgan fingerprint density at radius 3 is 2.83 bits per heavy atom. The highest BCUT2D eigenvalue weighted by Gasteiger charge is 2.25. The molecule has 9 heteroatoms. The van der Waals surface area contributed by atoms with E-state index >= 15 is 0 Å². The molecule has 1 aliphatic carbocycles. The molecule has 0 aliphatic heterocycles. The molecule has 0 bridgehead atoms. The molecule has 2 heterocycles. The van der Waals surface area contributed by atoms with Crippen molar-refractivity contribution in [1.82, 2.24) is 20.6 Å². The predicted octanol–water partition coefficient (Wildman–Crippen LogP) is 4.24. The maximum absolute atomic E-state index is 12.7. The maximum Gasteiger partial charge on any atom is 0.348 e. The van der Waals surface area contributed by atoms with Gasteiger partial charge in [-0.15, -0.1) is 21.5 Å². The van der Waals surface area contributed by atoms with E-state index in [1.807, 2.05) is 13.0 Å². The van der Waals surface area contributed by atoms with Gasteiger partial charge in [-0.05, 0) is 50.2 Å². The zero-order valence-corrected chi connectivity index (χ0v) is 17.7. The second kappa shape index (κ2) is 9.78. The fourth-order valence-corrected chi connectivity index (χ4v) is 4.66. The first-order valence-electron chi connectivity index (χ1n) is 10.1. The van der Waals surface area contributed by atoms with Crippen molar-refractivity contribution in [3.8, 4) is 0 Å². The molecule has 0 fully saturated rings. The van der Waals surface area contributed by atoms with E-state index < -0.39 is 5.97 Å². The molecule has 1 unspecified atom stereocenters. The minimum atomic E-state index is -0.985. The summed E-state index contributed by atoms with van der Waals surface area (Å²) in [6.45, 7) is 4.27. The lowest BCUT2D eigenvalue weighted by molar-refractivity contribution is -0.118.